The molecule has 0 amide bonds. The fourth-order valence-electron chi connectivity index (χ4n) is 3.47. The highest BCUT2D eigenvalue weighted by Gasteiger charge is 2.38. The third-order valence-corrected chi connectivity index (χ3v) is 7.83. The van der Waals surface area contributed by atoms with E-state index in [4.69, 9.17) is 5.73 Å². The van der Waals surface area contributed by atoms with Gasteiger partial charge in [-0.15, -0.1) is 11.3 Å². The van der Waals surface area contributed by atoms with E-state index in [2.05, 4.69) is 9.62 Å². The minimum Gasteiger partial charge on any atom is -0.326 e. The minimum absolute atomic E-state index is 0.0547. The number of hydrogen-bond acceptors (Lipinski definition) is 5. The Hall–Kier alpha value is -0.470. The van der Waals surface area contributed by atoms with Crippen molar-refractivity contribution in [3.63, 3.8) is 0 Å². The van der Waals surface area contributed by atoms with E-state index in [9.17, 15) is 8.42 Å². The number of thiophene rings is 1. The van der Waals surface area contributed by atoms with Crippen molar-refractivity contribution in [1.29, 1.82) is 0 Å². The summed E-state index contributed by atoms with van der Waals surface area (Å²) in [5.41, 5.74) is 6.61. The van der Waals surface area contributed by atoms with Crippen LogP contribution in [0.3, 0.4) is 0 Å². The van der Waals surface area contributed by atoms with Crippen LogP contribution in [0, 0.1) is 6.92 Å². The van der Waals surface area contributed by atoms with Crippen LogP contribution in [0.25, 0.3) is 0 Å². The maximum atomic E-state index is 12.6. The number of nitrogens with one attached hydrogen (secondary N) is 1. The van der Waals surface area contributed by atoms with Gasteiger partial charge >= 0.3 is 0 Å². The number of nitrogens with zero attached hydrogens (tertiary/aromatic N) is 1. The molecule has 1 aromatic rings. The fourth-order valence-corrected chi connectivity index (χ4v) is 6.25. The largest absolute Gasteiger partial charge is 0.326 e. The highest BCUT2D eigenvalue weighted by Crippen LogP contribution is 2.30. The zero-order valence-corrected chi connectivity index (χ0v) is 14.0. The first-order valence-electron chi connectivity index (χ1n) is 7.57. The summed E-state index contributed by atoms with van der Waals surface area (Å²) in [5.74, 6) is 0. The molecular formula is C14H23N3O2S2. The third kappa shape index (κ3) is 3.03. The van der Waals surface area contributed by atoms with Gasteiger partial charge in [-0.25, -0.2) is 13.1 Å². The first-order chi connectivity index (χ1) is 10.0. The van der Waals surface area contributed by atoms with Gasteiger partial charge in [-0.3, -0.25) is 4.90 Å². The Kier molecular flexibility index (Phi) is 4.38. The summed E-state index contributed by atoms with van der Waals surface area (Å²) in [4.78, 5) is 3.38. The van der Waals surface area contributed by atoms with Crippen LogP contribution in [0.2, 0.25) is 0 Å². The van der Waals surface area contributed by atoms with E-state index in [1.54, 1.807) is 6.07 Å². The topological polar surface area (TPSA) is 75.4 Å². The van der Waals surface area contributed by atoms with Crippen LogP contribution >= 0.6 is 11.3 Å². The predicted molar refractivity (Wildman–Crippen MR) is 84.9 cm³/mol. The molecule has 0 saturated carbocycles. The van der Waals surface area contributed by atoms with E-state index < -0.39 is 10.0 Å². The van der Waals surface area contributed by atoms with E-state index >= 15 is 0 Å². The lowest BCUT2D eigenvalue weighted by atomic mass is 10.00. The molecule has 118 valence electrons. The highest BCUT2D eigenvalue weighted by atomic mass is 32.2. The summed E-state index contributed by atoms with van der Waals surface area (Å²) in [6, 6.07) is 2.17. The van der Waals surface area contributed by atoms with Gasteiger partial charge < -0.3 is 5.73 Å². The molecule has 7 heteroatoms. The van der Waals surface area contributed by atoms with Crippen LogP contribution < -0.4 is 10.5 Å². The summed E-state index contributed by atoms with van der Waals surface area (Å²) in [6.07, 6.45) is 4.46. The normalized spacial score (nSPS) is 27.0. The average molecular weight is 329 g/mol. The second-order valence-corrected chi connectivity index (χ2v) is 9.07. The lowest BCUT2D eigenvalue weighted by Crippen LogP contribution is -2.46. The molecule has 2 saturated heterocycles. The van der Waals surface area contributed by atoms with Crippen molar-refractivity contribution in [2.75, 3.05) is 13.1 Å². The van der Waals surface area contributed by atoms with Crippen LogP contribution in [-0.2, 0) is 16.6 Å². The highest BCUT2D eigenvalue weighted by molar-refractivity contribution is 7.91. The Morgan fingerprint density at radius 2 is 2.19 bits per heavy atom. The number of sulfonamides is 1. The molecule has 2 aliphatic heterocycles. The van der Waals surface area contributed by atoms with Crippen LogP contribution in [0.15, 0.2) is 10.3 Å². The minimum atomic E-state index is -3.42. The van der Waals surface area contributed by atoms with Crippen molar-refractivity contribution in [3.05, 3.63) is 16.5 Å². The summed E-state index contributed by atoms with van der Waals surface area (Å²) in [5, 5.41) is 0. The monoisotopic (exact) mass is 329 g/mol. The van der Waals surface area contributed by atoms with Gasteiger partial charge in [0.1, 0.15) is 4.21 Å². The molecule has 3 N–H and O–H groups in total. The second kappa shape index (κ2) is 5.96. The molecule has 2 unspecified atom stereocenters. The Morgan fingerprint density at radius 1 is 1.38 bits per heavy atom. The van der Waals surface area contributed by atoms with Crippen molar-refractivity contribution in [1.82, 2.24) is 9.62 Å². The van der Waals surface area contributed by atoms with Crippen molar-refractivity contribution < 1.29 is 8.42 Å². The summed E-state index contributed by atoms with van der Waals surface area (Å²) in [7, 11) is -3.42. The number of piperidine rings is 1. The Balaban J connectivity index is 1.76. The zero-order valence-electron chi connectivity index (χ0n) is 12.3. The molecule has 0 bridgehead atoms. The molecule has 0 aromatic carbocycles. The summed E-state index contributed by atoms with van der Waals surface area (Å²) < 4.78 is 28.5. The quantitative estimate of drug-likeness (QED) is 0.876. The Labute approximate surface area is 130 Å². The van der Waals surface area contributed by atoms with Gasteiger partial charge in [0, 0.05) is 30.1 Å². The molecule has 0 aliphatic carbocycles. The predicted octanol–water partition coefficient (Wildman–Crippen LogP) is 1.42. The van der Waals surface area contributed by atoms with Gasteiger partial charge in [0.15, 0.2) is 0 Å². The molecule has 0 spiro atoms. The standard InChI is InChI=1S/C14H23N3O2S2/c1-10-8-14(20-13(10)9-15)21(18,19)16-11-5-7-17-6-3-2-4-12(11)17/h8,11-12,16H,2-7,9,15H2,1H3. The van der Waals surface area contributed by atoms with E-state index in [0.29, 0.717) is 16.8 Å². The SMILES string of the molecule is Cc1cc(S(=O)(=O)NC2CCN3CCCCC23)sc1CN. The van der Waals surface area contributed by atoms with Gasteiger partial charge in [0.2, 0.25) is 10.0 Å². The lowest BCUT2D eigenvalue weighted by molar-refractivity contribution is 0.186. The lowest BCUT2D eigenvalue weighted by Gasteiger charge is -2.32. The summed E-state index contributed by atoms with van der Waals surface area (Å²) in [6.45, 7) is 4.43. The van der Waals surface area contributed by atoms with Crippen LogP contribution in [-0.4, -0.2) is 38.5 Å². The average Bonchev–Trinajstić information content (AvgIpc) is 3.03. The zero-order chi connectivity index (χ0) is 15.0. The van der Waals surface area contributed by atoms with Gasteiger partial charge in [-0.2, -0.15) is 0 Å². The van der Waals surface area contributed by atoms with E-state index in [1.165, 1.54) is 24.2 Å². The van der Waals surface area contributed by atoms with E-state index in [0.717, 1.165) is 36.4 Å². The number of aryl methyl sites for hydroxylation is 1. The van der Waals surface area contributed by atoms with Crippen molar-refractivity contribution in [2.45, 2.75) is 55.4 Å². The first-order valence-corrected chi connectivity index (χ1v) is 9.87. The maximum Gasteiger partial charge on any atom is 0.250 e. The smallest absolute Gasteiger partial charge is 0.250 e. The molecule has 2 atom stereocenters. The molecule has 0 radical (unpaired) electrons. The second-order valence-electron chi connectivity index (χ2n) is 5.99. The number of hydrogen-bond donors (Lipinski definition) is 2. The first kappa shape index (κ1) is 15.4. The molecule has 1 aromatic heterocycles. The molecule has 2 aliphatic rings. The Morgan fingerprint density at radius 3 is 2.90 bits per heavy atom. The van der Waals surface area contributed by atoms with Crippen LogP contribution in [0.1, 0.15) is 36.1 Å². The van der Waals surface area contributed by atoms with Gasteiger partial charge in [-0.05, 0) is 44.4 Å². The number of rotatable bonds is 4. The number of nitrogens with two attached hydrogens (primary N) is 1. The molecule has 21 heavy (non-hydrogen) atoms. The Bertz CT molecular complexity index is 612. The van der Waals surface area contributed by atoms with Gasteiger partial charge in [-0.1, -0.05) is 6.42 Å². The molecule has 3 heterocycles. The molecule has 5 nitrogen and oxygen atoms in total. The van der Waals surface area contributed by atoms with Gasteiger partial charge in [0.05, 0.1) is 0 Å². The van der Waals surface area contributed by atoms with Crippen molar-refractivity contribution >= 4 is 21.4 Å². The van der Waals surface area contributed by atoms with E-state index in [1.807, 2.05) is 6.92 Å². The van der Waals surface area contributed by atoms with Crippen LogP contribution in [0.4, 0.5) is 0 Å². The molecular weight excluding hydrogens is 306 g/mol. The fraction of sp³-hybridized carbons (Fsp3) is 0.714. The van der Waals surface area contributed by atoms with Crippen molar-refractivity contribution in [3.8, 4) is 0 Å². The van der Waals surface area contributed by atoms with Crippen LogP contribution in [0.5, 0.6) is 0 Å². The van der Waals surface area contributed by atoms with Gasteiger partial charge in [0.25, 0.3) is 0 Å². The molecule has 2 fully saturated rings. The summed E-state index contributed by atoms with van der Waals surface area (Å²) >= 11 is 1.29. The van der Waals surface area contributed by atoms with E-state index in [-0.39, 0.29) is 6.04 Å². The maximum absolute atomic E-state index is 12.6. The molecule has 3 rings (SSSR count). The third-order valence-electron chi connectivity index (χ3n) is 4.61. The number of fused-ring (bicyclic) bond motifs is 1. The van der Waals surface area contributed by atoms with Crippen molar-refractivity contribution in [2.24, 2.45) is 5.73 Å².